The molecule has 0 saturated heterocycles. The van der Waals surface area contributed by atoms with Crippen molar-refractivity contribution in [1.29, 1.82) is 0 Å². The Morgan fingerprint density at radius 2 is 1.57 bits per heavy atom. The summed E-state index contributed by atoms with van der Waals surface area (Å²) in [6, 6.07) is 22.4. The van der Waals surface area contributed by atoms with Gasteiger partial charge in [0, 0.05) is 30.6 Å². The number of phenolic OH excluding ortho intramolecular Hbond substituents is 1. The highest BCUT2D eigenvalue weighted by molar-refractivity contribution is 5.95. The number of fused-ring (bicyclic) bond motifs is 1. The first-order valence-corrected chi connectivity index (χ1v) is 9.40. The minimum atomic E-state index is -1.30. The Labute approximate surface area is 164 Å². The number of carbonyl (C=O) groups excluding carboxylic acids is 1. The van der Waals surface area contributed by atoms with Gasteiger partial charge in [-0.25, -0.2) is 0 Å². The normalized spacial score (nSPS) is 15.1. The molecule has 0 bridgehead atoms. The number of rotatable bonds is 4. The van der Waals surface area contributed by atoms with Gasteiger partial charge in [0.2, 0.25) is 0 Å². The summed E-state index contributed by atoms with van der Waals surface area (Å²) in [5.74, 6) is -0.116. The summed E-state index contributed by atoms with van der Waals surface area (Å²) >= 11 is 0. The molecular weight excluding hydrogens is 350 g/mol. The highest BCUT2D eigenvalue weighted by atomic mass is 16.3. The molecular formula is C24H23NO3. The molecule has 0 radical (unpaired) electrons. The fourth-order valence-corrected chi connectivity index (χ4v) is 3.85. The zero-order chi connectivity index (χ0) is 19.7. The Hall–Kier alpha value is -3.11. The molecule has 1 unspecified atom stereocenters. The summed E-state index contributed by atoms with van der Waals surface area (Å²) in [7, 11) is 0. The predicted octanol–water partition coefficient (Wildman–Crippen LogP) is 4.00. The van der Waals surface area contributed by atoms with Crippen LogP contribution in [-0.4, -0.2) is 21.0 Å². The van der Waals surface area contributed by atoms with Crippen molar-refractivity contribution in [1.82, 2.24) is 4.90 Å². The van der Waals surface area contributed by atoms with Gasteiger partial charge in [-0.15, -0.1) is 0 Å². The van der Waals surface area contributed by atoms with Crippen molar-refractivity contribution in [2.75, 3.05) is 0 Å². The summed E-state index contributed by atoms with van der Waals surface area (Å²) in [5, 5.41) is 21.4. The third kappa shape index (κ3) is 3.51. The van der Waals surface area contributed by atoms with Gasteiger partial charge in [-0.1, -0.05) is 54.6 Å². The lowest BCUT2D eigenvalue weighted by molar-refractivity contribution is 0.0549. The first-order chi connectivity index (χ1) is 13.4. The van der Waals surface area contributed by atoms with Crippen LogP contribution in [0.25, 0.3) is 0 Å². The fourth-order valence-electron chi connectivity index (χ4n) is 3.85. The minimum absolute atomic E-state index is 0.0119. The molecule has 4 heteroatoms. The molecule has 3 aromatic carbocycles. The highest BCUT2D eigenvalue weighted by Gasteiger charge is 2.29. The number of phenols is 1. The quantitative estimate of drug-likeness (QED) is 0.727. The summed E-state index contributed by atoms with van der Waals surface area (Å²) in [5.41, 5.74) is 2.80. The van der Waals surface area contributed by atoms with E-state index < -0.39 is 5.60 Å². The van der Waals surface area contributed by atoms with E-state index in [4.69, 9.17) is 0 Å². The summed E-state index contributed by atoms with van der Waals surface area (Å²) in [6.07, 6.45) is 0.341. The Kier molecular flexibility index (Phi) is 4.65. The van der Waals surface area contributed by atoms with Gasteiger partial charge < -0.3 is 15.1 Å². The largest absolute Gasteiger partial charge is 0.508 e. The molecule has 1 aliphatic heterocycles. The average Bonchev–Trinajstić information content (AvgIpc) is 3.12. The highest BCUT2D eigenvalue weighted by Crippen LogP contribution is 2.34. The van der Waals surface area contributed by atoms with Crippen molar-refractivity contribution in [3.8, 4) is 5.75 Å². The molecule has 0 aliphatic carbocycles. The second kappa shape index (κ2) is 7.13. The van der Waals surface area contributed by atoms with Crippen molar-refractivity contribution in [3.05, 3.63) is 101 Å². The van der Waals surface area contributed by atoms with Gasteiger partial charge in [0.1, 0.15) is 5.75 Å². The van der Waals surface area contributed by atoms with Gasteiger partial charge in [0.15, 0.2) is 0 Å². The standard InChI is InChI=1S/C24H23NO3/c1-24(28,14-17-7-3-2-4-8-17)21-13-18(11-12-22(21)26)23(27)25-15-19-9-5-6-10-20(19)16-25/h2-13,26,28H,14-16H2,1H3. The van der Waals surface area contributed by atoms with E-state index in [1.165, 1.54) is 6.07 Å². The van der Waals surface area contributed by atoms with E-state index in [1.54, 1.807) is 24.0 Å². The van der Waals surface area contributed by atoms with Gasteiger partial charge in [-0.3, -0.25) is 4.79 Å². The number of nitrogens with zero attached hydrogens (tertiary/aromatic N) is 1. The van der Waals surface area contributed by atoms with Crippen LogP contribution in [0.5, 0.6) is 5.75 Å². The van der Waals surface area contributed by atoms with E-state index in [2.05, 4.69) is 0 Å². The Morgan fingerprint density at radius 1 is 0.964 bits per heavy atom. The van der Waals surface area contributed by atoms with Crippen LogP contribution in [0, 0.1) is 0 Å². The third-order valence-corrected chi connectivity index (χ3v) is 5.34. The first kappa shape index (κ1) is 18.3. The Balaban J connectivity index is 1.59. The maximum Gasteiger partial charge on any atom is 0.254 e. The van der Waals surface area contributed by atoms with Crippen LogP contribution >= 0.6 is 0 Å². The number of hydrogen-bond donors (Lipinski definition) is 2. The van der Waals surface area contributed by atoms with Gasteiger partial charge in [0.05, 0.1) is 5.60 Å². The van der Waals surface area contributed by atoms with E-state index in [0.717, 1.165) is 16.7 Å². The maximum absolute atomic E-state index is 13.0. The van der Waals surface area contributed by atoms with E-state index in [9.17, 15) is 15.0 Å². The van der Waals surface area contributed by atoms with Crippen LogP contribution in [0.1, 0.15) is 39.5 Å². The summed E-state index contributed by atoms with van der Waals surface area (Å²) in [6.45, 7) is 2.81. The van der Waals surface area contributed by atoms with Crippen LogP contribution in [0.3, 0.4) is 0 Å². The molecule has 2 N–H and O–H groups in total. The zero-order valence-corrected chi connectivity index (χ0v) is 15.8. The van der Waals surface area contributed by atoms with Crippen molar-refractivity contribution in [2.24, 2.45) is 0 Å². The van der Waals surface area contributed by atoms with Gasteiger partial charge >= 0.3 is 0 Å². The number of aromatic hydroxyl groups is 1. The number of aliphatic hydroxyl groups is 1. The topological polar surface area (TPSA) is 60.8 Å². The van der Waals surface area contributed by atoms with E-state index in [-0.39, 0.29) is 11.7 Å². The van der Waals surface area contributed by atoms with Crippen molar-refractivity contribution in [3.63, 3.8) is 0 Å². The molecule has 1 amide bonds. The molecule has 4 nitrogen and oxygen atoms in total. The van der Waals surface area contributed by atoms with Crippen molar-refractivity contribution >= 4 is 5.91 Å². The lowest BCUT2D eigenvalue weighted by atomic mass is 9.87. The molecule has 1 aliphatic rings. The Bertz CT molecular complexity index is 986. The van der Waals surface area contributed by atoms with Crippen molar-refractivity contribution < 1.29 is 15.0 Å². The molecule has 3 aromatic rings. The molecule has 4 rings (SSSR count). The molecule has 0 spiro atoms. The smallest absolute Gasteiger partial charge is 0.254 e. The zero-order valence-electron chi connectivity index (χ0n) is 15.8. The van der Waals surface area contributed by atoms with Crippen LogP contribution in [0.4, 0.5) is 0 Å². The van der Waals surface area contributed by atoms with E-state index in [1.807, 2.05) is 54.6 Å². The third-order valence-electron chi connectivity index (χ3n) is 5.34. The lowest BCUT2D eigenvalue weighted by Crippen LogP contribution is -2.28. The lowest BCUT2D eigenvalue weighted by Gasteiger charge is -2.26. The fraction of sp³-hybridized carbons (Fsp3) is 0.208. The monoisotopic (exact) mass is 373 g/mol. The van der Waals surface area contributed by atoms with Crippen LogP contribution in [0.2, 0.25) is 0 Å². The number of benzene rings is 3. The van der Waals surface area contributed by atoms with Crippen LogP contribution in [-0.2, 0) is 25.1 Å². The minimum Gasteiger partial charge on any atom is -0.508 e. The molecule has 0 fully saturated rings. The molecule has 142 valence electrons. The van der Waals surface area contributed by atoms with Crippen molar-refractivity contribution in [2.45, 2.75) is 32.0 Å². The average molecular weight is 373 g/mol. The number of hydrogen-bond acceptors (Lipinski definition) is 3. The summed E-state index contributed by atoms with van der Waals surface area (Å²) < 4.78 is 0. The first-order valence-electron chi connectivity index (χ1n) is 9.40. The summed E-state index contributed by atoms with van der Waals surface area (Å²) in [4.78, 5) is 14.8. The van der Waals surface area contributed by atoms with Crippen LogP contribution in [0.15, 0.2) is 72.8 Å². The Morgan fingerprint density at radius 3 is 2.21 bits per heavy atom. The van der Waals surface area contributed by atoms with Gasteiger partial charge in [-0.05, 0) is 41.8 Å². The second-order valence-electron chi connectivity index (χ2n) is 7.60. The van der Waals surface area contributed by atoms with Crippen LogP contribution < -0.4 is 0 Å². The molecule has 1 heterocycles. The molecule has 28 heavy (non-hydrogen) atoms. The number of amides is 1. The van der Waals surface area contributed by atoms with Gasteiger partial charge in [0.25, 0.3) is 5.91 Å². The SMILES string of the molecule is CC(O)(Cc1ccccc1)c1cc(C(=O)N2Cc3ccccc3C2)ccc1O. The van der Waals surface area contributed by atoms with Gasteiger partial charge in [-0.2, -0.15) is 0 Å². The maximum atomic E-state index is 13.0. The molecule has 1 atom stereocenters. The molecule has 0 saturated carbocycles. The second-order valence-corrected chi connectivity index (χ2v) is 7.60. The van der Waals surface area contributed by atoms with E-state index in [0.29, 0.717) is 30.6 Å². The molecule has 0 aromatic heterocycles. The van der Waals surface area contributed by atoms with E-state index >= 15 is 0 Å². The number of carbonyl (C=O) groups is 1. The predicted molar refractivity (Wildman–Crippen MR) is 108 cm³/mol.